The van der Waals surface area contributed by atoms with E-state index in [9.17, 15) is 9.18 Å². The van der Waals surface area contributed by atoms with Gasteiger partial charge in [0, 0.05) is 11.8 Å². The van der Waals surface area contributed by atoms with E-state index in [1.165, 1.54) is 17.7 Å². The van der Waals surface area contributed by atoms with Crippen molar-refractivity contribution in [2.24, 2.45) is 10.7 Å². The normalized spacial score (nSPS) is 12.0. The largest absolute Gasteiger partial charge is 0.366 e. The van der Waals surface area contributed by atoms with Crippen molar-refractivity contribution in [1.29, 1.82) is 0 Å². The fourth-order valence-electron chi connectivity index (χ4n) is 2.81. The van der Waals surface area contributed by atoms with E-state index in [0.29, 0.717) is 5.56 Å². The number of aliphatic imine (C=N–C) groups is 1. The zero-order valence-electron chi connectivity index (χ0n) is 18.2. The fourth-order valence-corrected chi connectivity index (χ4v) is 2.81. The third kappa shape index (κ3) is 6.24. The van der Waals surface area contributed by atoms with Crippen LogP contribution in [0.5, 0.6) is 0 Å². The van der Waals surface area contributed by atoms with Crippen molar-refractivity contribution >= 4 is 23.8 Å². The summed E-state index contributed by atoms with van der Waals surface area (Å²) in [6.07, 6.45) is 6.50. The lowest BCUT2D eigenvalue weighted by atomic mass is 9.93. The van der Waals surface area contributed by atoms with Gasteiger partial charge in [-0.15, -0.1) is 0 Å². The van der Waals surface area contributed by atoms with Gasteiger partial charge >= 0.3 is 0 Å². The molecule has 0 saturated carbocycles. The Labute approximate surface area is 173 Å². The number of benzene rings is 2. The molecule has 0 aliphatic heterocycles. The number of rotatable bonds is 6. The van der Waals surface area contributed by atoms with Crippen LogP contribution in [0.2, 0.25) is 0 Å². The number of carbonyl (C=O) groups excluding carboxylic acids is 1. The van der Waals surface area contributed by atoms with Crippen molar-refractivity contribution in [1.82, 2.24) is 0 Å². The van der Waals surface area contributed by atoms with Gasteiger partial charge in [-0.3, -0.25) is 9.79 Å². The van der Waals surface area contributed by atoms with Gasteiger partial charge in [0.2, 0.25) is 0 Å². The highest BCUT2D eigenvalue weighted by Crippen LogP contribution is 2.31. The van der Waals surface area contributed by atoms with Crippen LogP contribution in [0.4, 0.5) is 4.39 Å². The van der Waals surface area contributed by atoms with Gasteiger partial charge in [-0.05, 0) is 67.7 Å². The Kier molecular flexibility index (Phi) is 9.73. The lowest BCUT2D eigenvalue weighted by Gasteiger charge is -2.14. The monoisotopic (exact) mass is 394 g/mol. The molecule has 0 aliphatic rings. The molecule has 0 spiro atoms. The first-order chi connectivity index (χ1) is 13.9. The molecule has 0 heterocycles. The summed E-state index contributed by atoms with van der Waals surface area (Å²) in [4.78, 5) is 15.8. The standard InChI is InChI=1S/C23H25FN2O.C2H6/c1-5-12-26-22(6-2)20(18-9-7-8-15(3)16(18)4)13-17-10-11-19(23(25)27)21(24)14-17;1-2/h6-14H,5H2,1-4H3,(H2,25,27);1-2H3/b20-13-,22-6-,26-12?;. The van der Waals surface area contributed by atoms with Crippen molar-refractivity contribution in [3.8, 4) is 0 Å². The van der Waals surface area contributed by atoms with E-state index in [4.69, 9.17) is 5.73 Å². The maximum absolute atomic E-state index is 14.2. The van der Waals surface area contributed by atoms with Gasteiger partial charge in [0.1, 0.15) is 5.82 Å². The molecule has 0 radical (unpaired) electrons. The number of amides is 1. The number of halogens is 1. The Morgan fingerprint density at radius 3 is 2.38 bits per heavy atom. The summed E-state index contributed by atoms with van der Waals surface area (Å²) in [7, 11) is 0. The molecule has 3 nitrogen and oxygen atoms in total. The van der Waals surface area contributed by atoms with Crippen LogP contribution in [0.15, 0.2) is 53.2 Å². The van der Waals surface area contributed by atoms with Crippen LogP contribution >= 0.6 is 0 Å². The van der Waals surface area contributed by atoms with Crippen LogP contribution in [0.1, 0.15) is 66.7 Å². The number of carbonyl (C=O) groups is 1. The number of allylic oxidation sites excluding steroid dienone is 2. The van der Waals surface area contributed by atoms with Crippen molar-refractivity contribution in [3.63, 3.8) is 0 Å². The van der Waals surface area contributed by atoms with Crippen molar-refractivity contribution in [2.45, 2.75) is 48.0 Å². The van der Waals surface area contributed by atoms with Crippen LogP contribution in [0.25, 0.3) is 11.6 Å². The molecular weight excluding hydrogens is 363 g/mol. The molecule has 4 heteroatoms. The van der Waals surface area contributed by atoms with Crippen molar-refractivity contribution in [3.05, 3.63) is 81.8 Å². The van der Waals surface area contributed by atoms with Crippen molar-refractivity contribution in [2.75, 3.05) is 0 Å². The van der Waals surface area contributed by atoms with E-state index in [0.717, 1.165) is 28.8 Å². The molecule has 0 atom stereocenters. The maximum Gasteiger partial charge on any atom is 0.251 e. The van der Waals surface area contributed by atoms with E-state index in [1.807, 2.05) is 58.2 Å². The summed E-state index contributed by atoms with van der Waals surface area (Å²) >= 11 is 0. The Bertz CT molecular complexity index is 940. The molecule has 2 aromatic carbocycles. The van der Waals surface area contributed by atoms with Crippen LogP contribution in [0.3, 0.4) is 0 Å². The second-order valence-corrected chi connectivity index (χ2v) is 6.30. The quantitative estimate of drug-likeness (QED) is 0.340. The summed E-state index contributed by atoms with van der Waals surface area (Å²) in [5, 5.41) is 0. The maximum atomic E-state index is 14.2. The first-order valence-corrected chi connectivity index (χ1v) is 9.95. The molecule has 0 aliphatic carbocycles. The van der Waals surface area contributed by atoms with Crippen LogP contribution in [-0.2, 0) is 0 Å². The molecular formula is C25H31FN2O. The molecule has 0 fully saturated rings. The second kappa shape index (κ2) is 11.7. The predicted octanol–water partition coefficient (Wildman–Crippen LogP) is 6.49. The van der Waals surface area contributed by atoms with Gasteiger partial charge in [-0.2, -0.15) is 0 Å². The first-order valence-electron chi connectivity index (χ1n) is 9.95. The fraction of sp³-hybridized carbons (Fsp3) is 0.280. The highest BCUT2D eigenvalue weighted by atomic mass is 19.1. The van der Waals surface area contributed by atoms with E-state index in [1.54, 1.807) is 6.07 Å². The highest BCUT2D eigenvalue weighted by molar-refractivity contribution is 5.95. The topological polar surface area (TPSA) is 55.4 Å². The first kappa shape index (κ1) is 24.0. The molecule has 0 saturated heterocycles. The summed E-state index contributed by atoms with van der Waals surface area (Å²) < 4.78 is 14.2. The Morgan fingerprint density at radius 1 is 1.14 bits per heavy atom. The molecule has 2 N–H and O–H groups in total. The number of primary amides is 1. The smallest absolute Gasteiger partial charge is 0.251 e. The highest BCUT2D eigenvalue weighted by Gasteiger charge is 2.13. The zero-order chi connectivity index (χ0) is 22.0. The summed E-state index contributed by atoms with van der Waals surface area (Å²) in [6.45, 7) is 12.1. The Balaban J connectivity index is 0.00000204. The summed E-state index contributed by atoms with van der Waals surface area (Å²) in [5.74, 6) is -1.41. The molecule has 2 rings (SSSR count). The summed E-state index contributed by atoms with van der Waals surface area (Å²) in [5.41, 5.74) is 10.8. The van der Waals surface area contributed by atoms with Crippen molar-refractivity contribution < 1.29 is 9.18 Å². The molecule has 0 aromatic heterocycles. The van der Waals surface area contributed by atoms with E-state index >= 15 is 0 Å². The summed E-state index contributed by atoms with van der Waals surface area (Å²) in [6, 6.07) is 10.5. The van der Waals surface area contributed by atoms with Gasteiger partial charge in [-0.1, -0.05) is 51.1 Å². The SMILES string of the molecule is C/C=C(N=CCC)/C(=C\c1ccc(C(N)=O)c(F)c1)c1cccc(C)c1C.CC. The molecule has 0 bridgehead atoms. The van der Waals surface area contributed by atoms with Gasteiger partial charge in [0.05, 0.1) is 11.3 Å². The molecule has 2 aromatic rings. The second-order valence-electron chi connectivity index (χ2n) is 6.30. The third-order valence-corrected chi connectivity index (χ3v) is 4.43. The zero-order valence-corrected chi connectivity index (χ0v) is 18.2. The Hall–Kier alpha value is -3.01. The number of nitrogens with zero attached hydrogens (tertiary/aromatic N) is 1. The van der Waals surface area contributed by atoms with E-state index < -0.39 is 11.7 Å². The number of aryl methyl sites for hydroxylation is 1. The van der Waals surface area contributed by atoms with Gasteiger partial charge in [0.15, 0.2) is 0 Å². The van der Waals surface area contributed by atoms with Gasteiger partial charge in [-0.25, -0.2) is 4.39 Å². The number of nitrogens with two attached hydrogens (primary N) is 1. The minimum Gasteiger partial charge on any atom is -0.366 e. The van der Waals surface area contributed by atoms with Crippen LogP contribution in [0, 0.1) is 19.7 Å². The van der Waals surface area contributed by atoms with Crippen LogP contribution < -0.4 is 5.73 Å². The number of hydrogen-bond acceptors (Lipinski definition) is 2. The van der Waals surface area contributed by atoms with E-state index in [2.05, 4.69) is 24.9 Å². The minimum absolute atomic E-state index is 0.115. The molecule has 0 unspecified atom stereocenters. The lowest BCUT2D eigenvalue weighted by Crippen LogP contribution is -2.12. The van der Waals surface area contributed by atoms with E-state index in [-0.39, 0.29) is 5.56 Å². The molecule has 154 valence electrons. The molecule has 29 heavy (non-hydrogen) atoms. The number of hydrogen-bond donors (Lipinski definition) is 1. The average Bonchev–Trinajstić information content (AvgIpc) is 2.71. The minimum atomic E-state index is -0.778. The molecule has 1 amide bonds. The van der Waals surface area contributed by atoms with Gasteiger partial charge in [0.25, 0.3) is 5.91 Å². The Morgan fingerprint density at radius 2 is 1.83 bits per heavy atom. The van der Waals surface area contributed by atoms with Crippen LogP contribution in [-0.4, -0.2) is 12.1 Å². The van der Waals surface area contributed by atoms with Gasteiger partial charge < -0.3 is 5.73 Å². The predicted molar refractivity (Wildman–Crippen MR) is 123 cm³/mol. The average molecular weight is 395 g/mol. The lowest BCUT2D eigenvalue weighted by molar-refractivity contribution is 0.0996. The third-order valence-electron chi connectivity index (χ3n) is 4.43.